The summed E-state index contributed by atoms with van der Waals surface area (Å²) < 4.78 is 0. The Kier molecular flexibility index (Phi) is 4.12. The smallest absolute Gasteiger partial charge is 0.221 e. The summed E-state index contributed by atoms with van der Waals surface area (Å²) in [5, 5.41) is 14.8. The minimum Gasteiger partial charge on any atom is -0.508 e. The fraction of sp³-hybridized carbons (Fsp3) is 0.364. The molecule has 0 bridgehead atoms. The molecule has 0 heterocycles. The minimum atomic E-state index is -0.0226. The zero-order valence-electron chi connectivity index (χ0n) is 8.95. The van der Waals surface area contributed by atoms with Gasteiger partial charge in [0.05, 0.1) is 0 Å². The molecule has 0 aliphatic rings. The molecular formula is C11H16N2O2. The van der Waals surface area contributed by atoms with Crippen LogP contribution in [0.15, 0.2) is 24.3 Å². The summed E-state index contributed by atoms with van der Waals surface area (Å²) in [5.74, 6) is 0.218. The van der Waals surface area contributed by atoms with Crippen LogP contribution in [0.3, 0.4) is 0 Å². The standard InChI is InChI=1S/C11H16N2O2/c1-12-10(7-11(15)13-2)8-3-5-9(14)6-4-8/h3-6,10,12,14H,7H2,1-2H3,(H,13,15)/t10-/m0/s1. The van der Waals surface area contributed by atoms with Gasteiger partial charge < -0.3 is 15.7 Å². The second-order valence-corrected chi connectivity index (χ2v) is 3.31. The molecule has 0 spiro atoms. The van der Waals surface area contributed by atoms with Crippen molar-refractivity contribution in [2.24, 2.45) is 0 Å². The zero-order valence-corrected chi connectivity index (χ0v) is 8.95. The van der Waals surface area contributed by atoms with E-state index in [-0.39, 0.29) is 17.7 Å². The highest BCUT2D eigenvalue weighted by molar-refractivity contribution is 5.76. The summed E-state index contributed by atoms with van der Waals surface area (Å²) >= 11 is 0. The number of rotatable bonds is 4. The fourth-order valence-electron chi connectivity index (χ4n) is 1.38. The lowest BCUT2D eigenvalue weighted by molar-refractivity contribution is -0.121. The summed E-state index contributed by atoms with van der Waals surface area (Å²) in [6.45, 7) is 0. The van der Waals surface area contributed by atoms with Crippen molar-refractivity contribution in [1.82, 2.24) is 10.6 Å². The highest BCUT2D eigenvalue weighted by Gasteiger charge is 2.12. The van der Waals surface area contributed by atoms with Crippen LogP contribution in [-0.4, -0.2) is 25.1 Å². The molecule has 1 aromatic rings. The second kappa shape index (κ2) is 5.36. The predicted octanol–water partition coefficient (Wildman–Crippen LogP) is 0.789. The maximum absolute atomic E-state index is 11.2. The Morgan fingerprint density at radius 1 is 1.33 bits per heavy atom. The Hall–Kier alpha value is -1.55. The van der Waals surface area contributed by atoms with E-state index in [1.54, 1.807) is 38.4 Å². The Morgan fingerprint density at radius 3 is 2.40 bits per heavy atom. The van der Waals surface area contributed by atoms with Gasteiger partial charge in [0.15, 0.2) is 0 Å². The lowest BCUT2D eigenvalue weighted by atomic mass is 10.0. The molecule has 0 aliphatic heterocycles. The van der Waals surface area contributed by atoms with Crippen molar-refractivity contribution in [3.8, 4) is 5.75 Å². The van der Waals surface area contributed by atoms with E-state index in [1.807, 2.05) is 0 Å². The maximum atomic E-state index is 11.2. The molecule has 1 aromatic carbocycles. The monoisotopic (exact) mass is 208 g/mol. The van der Waals surface area contributed by atoms with Crippen molar-refractivity contribution in [2.45, 2.75) is 12.5 Å². The molecule has 4 heteroatoms. The number of nitrogens with one attached hydrogen (secondary N) is 2. The molecule has 0 unspecified atom stereocenters. The third-order valence-corrected chi connectivity index (χ3v) is 2.31. The number of carbonyl (C=O) groups is 1. The highest BCUT2D eigenvalue weighted by atomic mass is 16.3. The lowest BCUT2D eigenvalue weighted by Gasteiger charge is -2.15. The van der Waals surface area contributed by atoms with Crippen molar-refractivity contribution in [2.75, 3.05) is 14.1 Å². The van der Waals surface area contributed by atoms with Gasteiger partial charge in [0.2, 0.25) is 5.91 Å². The van der Waals surface area contributed by atoms with Gasteiger partial charge >= 0.3 is 0 Å². The summed E-state index contributed by atoms with van der Waals surface area (Å²) in [6, 6.07) is 6.82. The van der Waals surface area contributed by atoms with Gasteiger partial charge in [-0.25, -0.2) is 0 Å². The van der Waals surface area contributed by atoms with Gasteiger partial charge in [-0.1, -0.05) is 12.1 Å². The van der Waals surface area contributed by atoms with Crippen LogP contribution in [0.25, 0.3) is 0 Å². The van der Waals surface area contributed by atoms with E-state index in [2.05, 4.69) is 10.6 Å². The number of aromatic hydroxyl groups is 1. The van der Waals surface area contributed by atoms with Gasteiger partial charge in [-0.15, -0.1) is 0 Å². The quantitative estimate of drug-likeness (QED) is 0.685. The first-order chi connectivity index (χ1) is 7.17. The Balaban J connectivity index is 2.74. The molecule has 1 amide bonds. The van der Waals surface area contributed by atoms with Crippen molar-refractivity contribution < 1.29 is 9.90 Å². The molecule has 0 aliphatic carbocycles. The molecule has 82 valence electrons. The molecule has 15 heavy (non-hydrogen) atoms. The van der Waals surface area contributed by atoms with E-state index in [4.69, 9.17) is 5.11 Å². The van der Waals surface area contributed by atoms with E-state index in [0.29, 0.717) is 6.42 Å². The molecule has 1 rings (SSSR count). The van der Waals surface area contributed by atoms with Gasteiger partial charge in [-0.05, 0) is 24.7 Å². The van der Waals surface area contributed by atoms with Gasteiger partial charge in [0.1, 0.15) is 5.75 Å². The van der Waals surface area contributed by atoms with E-state index < -0.39 is 0 Å². The first-order valence-corrected chi connectivity index (χ1v) is 4.84. The SMILES string of the molecule is CNC(=O)C[C@H](NC)c1ccc(O)cc1. The molecule has 3 N–H and O–H groups in total. The first-order valence-electron chi connectivity index (χ1n) is 4.84. The van der Waals surface area contributed by atoms with Crippen molar-refractivity contribution in [1.29, 1.82) is 0 Å². The molecule has 4 nitrogen and oxygen atoms in total. The van der Waals surface area contributed by atoms with Crippen molar-refractivity contribution in [3.63, 3.8) is 0 Å². The third kappa shape index (κ3) is 3.25. The van der Waals surface area contributed by atoms with Crippen LogP contribution in [0.5, 0.6) is 5.75 Å². The highest BCUT2D eigenvalue weighted by Crippen LogP contribution is 2.19. The molecule has 0 saturated heterocycles. The molecule has 0 aromatic heterocycles. The number of carbonyl (C=O) groups excluding carboxylic acids is 1. The minimum absolute atomic E-state index is 0.0116. The molecule has 0 saturated carbocycles. The lowest BCUT2D eigenvalue weighted by Crippen LogP contribution is -2.26. The third-order valence-electron chi connectivity index (χ3n) is 2.31. The Bertz CT molecular complexity index is 322. The maximum Gasteiger partial charge on any atom is 0.221 e. The topological polar surface area (TPSA) is 61.4 Å². The molecule has 1 atom stereocenters. The van der Waals surface area contributed by atoms with Gasteiger partial charge in [-0.3, -0.25) is 4.79 Å². The second-order valence-electron chi connectivity index (χ2n) is 3.31. The van der Waals surface area contributed by atoms with E-state index >= 15 is 0 Å². The zero-order chi connectivity index (χ0) is 11.3. The molecule has 0 fully saturated rings. The average molecular weight is 208 g/mol. The fourth-order valence-corrected chi connectivity index (χ4v) is 1.38. The number of hydrogen-bond donors (Lipinski definition) is 3. The molecular weight excluding hydrogens is 192 g/mol. The van der Waals surface area contributed by atoms with Crippen LogP contribution in [0.4, 0.5) is 0 Å². The first kappa shape index (κ1) is 11.5. The van der Waals surface area contributed by atoms with Gasteiger partial charge in [0.25, 0.3) is 0 Å². The largest absolute Gasteiger partial charge is 0.508 e. The number of benzene rings is 1. The summed E-state index contributed by atoms with van der Waals surface area (Å²) in [6.07, 6.45) is 0.387. The number of phenolic OH excluding ortho intramolecular Hbond substituents is 1. The van der Waals surface area contributed by atoms with Gasteiger partial charge in [0, 0.05) is 19.5 Å². The summed E-state index contributed by atoms with van der Waals surface area (Å²) in [4.78, 5) is 11.2. The summed E-state index contributed by atoms with van der Waals surface area (Å²) in [5.41, 5.74) is 0.985. The van der Waals surface area contributed by atoms with Crippen LogP contribution in [0, 0.1) is 0 Å². The Morgan fingerprint density at radius 2 is 1.93 bits per heavy atom. The van der Waals surface area contributed by atoms with Crippen LogP contribution < -0.4 is 10.6 Å². The van der Waals surface area contributed by atoms with Gasteiger partial charge in [-0.2, -0.15) is 0 Å². The van der Waals surface area contributed by atoms with E-state index in [1.165, 1.54) is 0 Å². The van der Waals surface area contributed by atoms with E-state index in [9.17, 15) is 4.79 Å². The van der Waals surface area contributed by atoms with E-state index in [0.717, 1.165) is 5.56 Å². The predicted molar refractivity (Wildman–Crippen MR) is 58.6 cm³/mol. The molecule has 0 radical (unpaired) electrons. The van der Waals surface area contributed by atoms with Crippen LogP contribution >= 0.6 is 0 Å². The normalized spacial score (nSPS) is 12.1. The van der Waals surface area contributed by atoms with Crippen molar-refractivity contribution in [3.05, 3.63) is 29.8 Å². The van der Waals surface area contributed by atoms with Crippen LogP contribution in [0.2, 0.25) is 0 Å². The van der Waals surface area contributed by atoms with Crippen molar-refractivity contribution >= 4 is 5.91 Å². The number of hydrogen-bond acceptors (Lipinski definition) is 3. The number of amides is 1. The average Bonchev–Trinajstić information content (AvgIpc) is 2.27. The summed E-state index contributed by atoms with van der Waals surface area (Å²) in [7, 11) is 3.42. The van der Waals surface area contributed by atoms with Crippen LogP contribution in [-0.2, 0) is 4.79 Å². The Labute approximate surface area is 89.3 Å². The van der Waals surface area contributed by atoms with Crippen LogP contribution in [0.1, 0.15) is 18.0 Å². The number of phenols is 1.